The molecule has 1 aromatic carbocycles. The van der Waals surface area contributed by atoms with Gasteiger partial charge in [0.2, 0.25) is 5.91 Å². The molecule has 1 aromatic rings. The fourth-order valence-electron chi connectivity index (χ4n) is 2.11. The highest BCUT2D eigenvalue weighted by Crippen LogP contribution is 2.20. The van der Waals surface area contributed by atoms with E-state index in [0.29, 0.717) is 18.5 Å². The summed E-state index contributed by atoms with van der Waals surface area (Å²) in [5.74, 6) is 1.04. The Morgan fingerprint density at radius 1 is 1.31 bits per heavy atom. The van der Waals surface area contributed by atoms with Gasteiger partial charge in [-0.1, -0.05) is 35.8 Å². The van der Waals surface area contributed by atoms with Crippen LogP contribution >= 0.6 is 15.9 Å². The minimum absolute atomic E-state index is 0.0607. The monoisotopic (exact) mass is 426 g/mol. The van der Waals surface area contributed by atoms with Crippen LogP contribution in [0.15, 0.2) is 27.7 Å². The molecule has 0 radical (unpaired) electrons. The van der Waals surface area contributed by atoms with Crippen LogP contribution in [0.1, 0.15) is 32.8 Å². The molecule has 0 fully saturated rings. The first-order valence-electron chi connectivity index (χ1n) is 9.08. The van der Waals surface area contributed by atoms with Crippen molar-refractivity contribution in [3.63, 3.8) is 0 Å². The summed E-state index contributed by atoms with van der Waals surface area (Å²) >= 11 is 3.41. The minimum atomic E-state index is -0.149. The fraction of sp³-hybridized carbons (Fsp3) is 0.579. The van der Waals surface area contributed by atoms with Crippen molar-refractivity contribution < 1.29 is 9.53 Å². The Hall–Kier alpha value is -1.60. The standard InChI is InChI=1S/C19H31BrN4O2/c1-5-21-19(22-9-6-10-26-13-14(2)3)23-12-18(25)24-17-11-16(20)8-7-15(17)4/h7-8,11,14H,5-6,9-10,12-13H2,1-4H3,(H,24,25)(H2,21,22,23). The number of nitrogens with one attached hydrogen (secondary N) is 3. The van der Waals surface area contributed by atoms with Crippen LogP contribution in [0.3, 0.4) is 0 Å². The van der Waals surface area contributed by atoms with E-state index in [1.165, 1.54) is 0 Å². The summed E-state index contributed by atoms with van der Waals surface area (Å²) in [6.45, 7) is 11.3. The van der Waals surface area contributed by atoms with Gasteiger partial charge in [-0.3, -0.25) is 4.79 Å². The summed E-state index contributed by atoms with van der Waals surface area (Å²) in [6, 6.07) is 5.79. The highest BCUT2D eigenvalue weighted by Gasteiger charge is 2.06. The quantitative estimate of drug-likeness (QED) is 0.304. The summed E-state index contributed by atoms with van der Waals surface area (Å²) in [7, 11) is 0. The van der Waals surface area contributed by atoms with Crippen LogP contribution in [-0.2, 0) is 9.53 Å². The number of aryl methyl sites for hydroxylation is 1. The first-order valence-corrected chi connectivity index (χ1v) is 9.87. The van der Waals surface area contributed by atoms with Crippen LogP contribution in [0, 0.1) is 12.8 Å². The summed E-state index contributed by atoms with van der Waals surface area (Å²) in [5, 5.41) is 9.25. The summed E-state index contributed by atoms with van der Waals surface area (Å²) in [5.41, 5.74) is 1.80. The lowest BCUT2D eigenvalue weighted by Crippen LogP contribution is -2.38. The SMILES string of the molecule is CCNC(=NCC(=O)Nc1cc(Br)ccc1C)NCCCOCC(C)C. The van der Waals surface area contributed by atoms with Gasteiger partial charge in [0.25, 0.3) is 0 Å². The molecule has 0 unspecified atom stereocenters. The number of aliphatic imine (C=N–C) groups is 1. The second-order valence-electron chi connectivity index (χ2n) is 6.45. The largest absolute Gasteiger partial charge is 0.381 e. The third kappa shape index (κ3) is 9.77. The van der Waals surface area contributed by atoms with Gasteiger partial charge in [0.1, 0.15) is 6.54 Å². The van der Waals surface area contributed by atoms with Crippen LogP contribution in [-0.4, -0.2) is 44.7 Å². The molecule has 0 saturated heterocycles. The summed E-state index contributed by atoms with van der Waals surface area (Å²) in [4.78, 5) is 16.5. The van der Waals surface area contributed by atoms with Crippen molar-refractivity contribution in [1.29, 1.82) is 0 Å². The van der Waals surface area contributed by atoms with Crippen molar-refractivity contribution in [3.05, 3.63) is 28.2 Å². The maximum Gasteiger partial charge on any atom is 0.246 e. The number of carbonyl (C=O) groups excluding carboxylic acids is 1. The number of hydrogen-bond donors (Lipinski definition) is 3. The number of guanidine groups is 1. The Labute approximate surface area is 165 Å². The molecular weight excluding hydrogens is 396 g/mol. The van der Waals surface area contributed by atoms with Crippen LogP contribution in [0.4, 0.5) is 5.69 Å². The molecule has 3 N–H and O–H groups in total. The van der Waals surface area contributed by atoms with Crippen molar-refractivity contribution in [1.82, 2.24) is 10.6 Å². The van der Waals surface area contributed by atoms with Crippen LogP contribution in [0.25, 0.3) is 0 Å². The van der Waals surface area contributed by atoms with Crippen molar-refractivity contribution in [2.24, 2.45) is 10.9 Å². The number of benzene rings is 1. The number of ether oxygens (including phenoxy) is 1. The Balaban J connectivity index is 2.42. The van der Waals surface area contributed by atoms with Crippen LogP contribution in [0.2, 0.25) is 0 Å². The predicted molar refractivity (Wildman–Crippen MR) is 112 cm³/mol. The van der Waals surface area contributed by atoms with Gasteiger partial charge in [0.15, 0.2) is 5.96 Å². The number of amides is 1. The molecule has 0 aliphatic rings. The lowest BCUT2D eigenvalue weighted by atomic mass is 10.2. The van der Waals surface area contributed by atoms with Gasteiger partial charge in [-0.25, -0.2) is 4.99 Å². The molecule has 0 aliphatic heterocycles. The third-order valence-corrected chi connectivity index (χ3v) is 3.90. The Morgan fingerprint density at radius 2 is 2.08 bits per heavy atom. The third-order valence-electron chi connectivity index (χ3n) is 3.41. The lowest BCUT2D eigenvalue weighted by molar-refractivity contribution is -0.114. The van der Waals surface area contributed by atoms with E-state index in [0.717, 1.165) is 41.8 Å². The molecule has 146 valence electrons. The molecule has 7 heteroatoms. The van der Waals surface area contributed by atoms with E-state index < -0.39 is 0 Å². The topological polar surface area (TPSA) is 74.8 Å². The number of nitrogens with zero attached hydrogens (tertiary/aromatic N) is 1. The van der Waals surface area contributed by atoms with E-state index in [-0.39, 0.29) is 12.5 Å². The molecule has 0 heterocycles. The van der Waals surface area contributed by atoms with E-state index in [1.807, 2.05) is 32.0 Å². The van der Waals surface area contributed by atoms with Gasteiger partial charge in [0, 0.05) is 36.5 Å². The molecule has 0 spiro atoms. The van der Waals surface area contributed by atoms with E-state index in [4.69, 9.17) is 4.74 Å². The van der Waals surface area contributed by atoms with E-state index >= 15 is 0 Å². The molecule has 0 bridgehead atoms. The van der Waals surface area contributed by atoms with Gasteiger partial charge in [0.05, 0.1) is 0 Å². The average Bonchev–Trinajstić information content (AvgIpc) is 2.58. The molecule has 26 heavy (non-hydrogen) atoms. The number of hydrogen-bond acceptors (Lipinski definition) is 3. The molecule has 0 aliphatic carbocycles. The summed E-state index contributed by atoms with van der Waals surface area (Å²) in [6.07, 6.45) is 0.889. The first-order chi connectivity index (χ1) is 12.4. The van der Waals surface area contributed by atoms with Crippen molar-refractivity contribution >= 4 is 33.5 Å². The van der Waals surface area contributed by atoms with Crippen molar-refractivity contribution in [2.75, 3.05) is 38.2 Å². The molecule has 0 atom stereocenters. The lowest BCUT2D eigenvalue weighted by Gasteiger charge is -2.12. The van der Waals surface area contributed by atoms with E-state index in [1.54, 1.807) is 0 Å². The molecular formula is C19H31BrN4O2. The van der Waals surface area contributed by atoms with Gasteiger partial charge < -0.3 is 20.7 Å². The minimum Gasteiger partial charge on any atom is -0.381 e. The highest BCUT2D eigenvalue weighted by atomic mass is 79.9. The van der Waals surface area contributed by atoms with E-state index in [2.05, 4.69) is 50.7 Å². The van der Waals surface area contributed by atoms with Gasteiger partial charge in [-0.05, 0) is 43.9 Å². The van der Waals surface area contributed by atoms with Gasteiger partial charge in [-0.2, -0.15) is 0 Å². The van der Waals surface area contributed by atoms with Crippen molar-refractivity contribution in [2.45, 2.75) is 34.1 Å². The van der Waals surface area contributed by atoms with Crippen molar-refractivity contribution in [3.8, 4) is 0 Å². The Bertz CT molecular complexity index is 591. The number of anilines is 1. The predicted octanol–water partition coefficient (Wildman–Crippen LogP) is 3.31. The normalized spacial score (nSPS) is 11.5. The Morgan fingerprint density at radius 3 is 2.77 bits per heavy atom. The molecule has 0 saturated carbocycles. The van der Waals surface area contributed by atoms with Gasteiger partial charge >= 0.3 is 0 Å². The van der Waals surface area contributed by atoms with Gasteiger partial charge in [-0.15, -0.1) is 0 Å². The van der Waals surface area contributed by atoms with Crippen LogP contribution in [0.5, 0.6) is 0 Å². The maximum absolute atomic E-state index is 12.2. The smallest absolute Gasteiger partial charge is 0.246 e. The summed E-state index contributed by atoms with van der Waals surface area (Å²) < 4.78 is 6.48. The average molecular weight is 427 g/mol. The maximum atomic E-state index is 12.2. The highest BCUT2D eigenvalue weighted by molar-refractivity contribution is 9.10. The van der Waals surface area contributed by atoms with E-state index in [9.17, 15) is 4.79 Å². The Kier molecular flexibility index (Phi) is 11.0. The first kappa shape index (κ1) is 22.4. The molecule has 6 nitrogen and oxygen atoms in total. The fourth-order valence-corrected chi connectivity index (χ4v) is 2.47. The second-order valence-corrected chi connectivity index (χ2v) is 7.37. The molecule has 1 amide bonds. The number of halogens is 1. The molecule has 1 rings (SSSR count). The molecule has 0 aromatic heterocycles. The zero-order valence-corrected chi connectivity index (χ0v) is 17.8. The zero-order chi connectivity index (χ0) is 19.4. The zero-order valence-electron chi connectivity index (χ0n) is 16.2. The second kappa shape index (κ2) is 12.7. The number of rotatable bonds is 10. The number of carbonyl (C=O) groups is 1. The van der Waals surface area contributed by atoms with Crippen LogP contribution < -0.4 is 16.0 Å².